The number of methoxy groups -OCH3 is 1. The summed E-state index contributed by atoms with van der Waals surface area (Å²) in [7, 11) is 1.48. The van der Waals surface area contributed by atoms with Gasteiger partial charge in [0.1, 0.15) is 11.8 Å². The molecule has 1 aromatic carbocycles. The molecular weight excluding hydrogens is 346 g/mol. The fraction of sp³-hybridized carbons (Fsp3) is 0.385. The molecule has 2 unspecified atom stereocenters. The Balaban J connectivity index is 2.37. The Morgan fingerprint density at radius 2 is 2.20 bits per heavy atom. The number of aliphatic carboxylic acids is 1. The van der Waals surface area contributed by atoms with E-state index in [4.69, 9.17) is 4.74 Å². The van der Waals surface area contributed by atoms with Crippen molar-refractivity contribution in [2.75, 3.05) is 12.9 Å². The normalized spacial score (nSPS) is 21.9. The van der Waals surface area contributed by atoms with Crippen LogP contribution in [-0.4, -0.2) is 46.2 Å². The fourth-order valence-electron chi connectivity index (χ4n) is 2.12. The average molecular weight is 360 g/mol. The van der Waals surface area contributed by atoms with E-state index >= 15 is 0 Å². The molecule has 5 nitrogen and oxygen atoms in total. The van der Waals surface area contributed by atoms with Crippen molar-refractivity contribution in [3.05, 3.63) is 28.2 Å². The first-order valence-electron chi connectivity index (χ1n) is 5.96. The van der Waals surface area contributed by atoms with Gasteiger partial charge in [-0.15, -0.1) is 11.8 Å². The molecule has 0 radical (unpaired) electrons. The van der Waals surface area contributed by atoms with Crippen molar-refractivity contribution in [3.8, 4) is 5.75 Å². The summed E-state index contributed by atoms with van der Waals surface area (Å²) < 4.78 is 6.00. The van der Waals surface area contributed by atoms with Gasteiger partial charge in [0.2, 0.25) is 0 Å². The molecule has 2 atom stereocenters. The minimum atomic E-state index is -0.980. The molecule has 0 saturated carbocycles. The molecule has 1 fully saturated rings. The van der Waals surface area contributed by atoms with Crippen LogP contribution >= 0.6 is 27.7 Å². The number of rotatable bonds is 3. The van der Waals surface area contributed by atoms with E-state index in [-0.39, 0.29) is 11.3 Å². The summed E-state index contributed by atoms with van der Waals surface area (Å²) in [6.45, 7) is 1.83. The number of carbonyl (C=O) groups excluding carboxylic acids is 1. The second-order valence-electron chi connectivity index (χ2n) is 4.34. The molecule has 1 aromatic rings. The number of benzene rings is 1. The van der Waals surface area contributed by atoms with Crippen LogP contribution in [-0.2, 0) is 4.79 Å². The largest absolute Gasteiger partial charge is 0.496 e. The van der Waals surface area contributed by atoms with E-state index in [0.29, 0.717) is 17.1 Å². The Kier molecular flexibility index (Phi) is 4.59. The van der Waals surface area contributed by atoms with E-state index < -0.39 is 12.0 Å². The number of thioether (sulfide) groups is 1. The van der Waals surface area contributed by atoms with E-state index in [2.05, 4.69) is 15.9 Å². The van der Waals surface area contributed by atoms with Crippen LogP contribution in [0.5, 0.6) is 5.75 Å². The van der Waals surface area contributed by atoms with Crippen molar-refractivity contribution in [2.45, 2.75) is 18.3 Å². The SMILES string of the molecule is COc1cc(Br)ccc1C(=O)N1C(C)SCC1C(=O)O. The highest BCUT2D eigenvalue weighted by Crippen LogP contribution is 2.33. The third-order valence-corrected chi connectivity index (χ3v) is 4.85. The molecule has 20 heavy (non-hydrogen) atoms. The number of carboxylic acid groups (broad SMARTS) is 1. The topological polar surface area (TPSA) is 66.8 Å². The zero-order valence-corrected chi connectivity index (χ0v) is 13.4. The van der Waals surface area contributed by atoms with Gasteiger partial charge in [0.15, 0.2) is 0 Å². The molecule has 1 aliphatic rings. The van der Waals surface area contributed by atoms with Crippen LogP contribution in [0, 0.1) is 0 Å². The van der Waals surface area contributed by atoms with Gasteiger partial charge in [-0.05, 0) is 25.1 Å². The van der Waals surface area contributed by atoms with E-state index in [0.717, 1.165) is 4.47 Å². The molecule has 0 aliphatic carbocycles. The number of halogens is 1. The first kappa shape index (κ1) is 15.2. The quantitative estimate of drug-likeness (QED) is 0.897. The lowest BCUT2D eigenvalue weighted by Gasteiger charge is -2.25. The van der Waals surface area contributed by atoms with Crippen LogP contribution in [0.25, 0.3) is 0 Å². The summed E-state index contributed by atoms with van der Waals surface area (Å²) in [6.07, 6.45) is 0. The van der Waals surface area contributed by atoms with Crippen molar-refractivity contribution in [1.82, 2.24) is 4.90 Å². The van der Waals surface area contributed by atoms with Crippen molar-refractivity contribution in [3.63, 3.8) is 0 Å². The predicted octanol–water partition coefficient (Wildman–Crippen LogP) is 2.45. The number of hydrogen-bond acceptors (Lipinski definition) is 4. The van der Waals surface area contributed by atoms with Crippen molar-refractivity contribution >= 4 is 39.6 Å². The number of carboxylic acids is 1. The van der Waals surface area contributed by atoms with Gasteiger partial charge in [0.05, 0.1) is 18.0 Å². The van der Waals surface area contributed by atoms with Crippen LogP contribution < -0.4 is 4.74 Å². The summed E-state index contributed by atoms with van der Waals surface area (Å²) in [5, 5.41) is 9.05. The Hall–Kier alpha value is -1.21. The highest BCUT2D eigenvalue weighted by molar-refractivity contribution is 9.10. The standard InChI is InChI=1S/C13H14BrNO4S/c1-7-15(10(6-20-7)13(17)18)12(16)9-4-3-8(14)5-11(9)19-2/h3-5,7,10H,6H2,1-2H3,(H,17,18). The first-order chi connectivity index (χ1) is 9.45. The van der Waals surface area contributed by atoms with Gasteiger partial charge in [-0.1, -0.05) is 15.9 Å². The first-order valence-corrected chi connectivity index (χ1v) is 7.80. The molecule has 1 N–H and O–H groups in total. The van der Waals surface area contributed by atoms with Gasteiger partial charge in [-0.3, -0.25) is 4.79 Å². The van der Waals surface area contributed by atoms with E-state index in [1.165, 1.54) is 23.8 Å². The summed E-state index contributed by atoms with van der Waals surface area (Å²) in [5.74, 6) is -0.468. The molecular formula is C13H14BrNO4S. The molecule has 1 heterocycles. The molecule has 2 rings (SSSR count). The van der Waals surface area contributed by atoms with Crippen molar-refractivity contribution in [2.24, 2.45) is 0 Å². The smallest absolute Gasteiger partial charge is 0.327 e. The maximum atomic E-state index is 12.6. The Morgan fingerprint density at radius 1 is 1.50 bits per heavy atom. The third kappa shape index (κ3) is 2.78. The van der Waals surface area contributed by atoms with Crippen LogP contribution in [0.3, 0.4) is 0 Å². The molecule has 108 valence electrons. The molecule has 0 bridgehead atoms. The molecule has 1 saturated heterocycles. The maximum absolute atomic E-state index is 12.6. The summed E-state index contributed by atoms with van der Waals surface area (Å²) in [6, 6.07) is 4.27. The van der Waals surface area contributed by atoms with Gasteiger partial charge in [0.25, 0.3) is 5.91 Å². The third-order valence-electron chi connectivity index (χ3n) is 3.14. The van der Waals surface area contributed by atoms with Gasteiger partial charge >= 0.3 is 5.97 Å². The van der Waals surface area contributed by atoms with Crippen LogP contribution in [0.15, 0.2) is 22.7 Å². The number of carbonyl (C=O) groups is 2. The minimum absolute atomic E-state index is 0.169. The van der Waals surface area contributed by atoms with Gasteiger partial charge in [-0.2, -0.15) is 0 Å². The highest BCUT2D eigenvalue weighted by atomic mass is 79.9. The number of ether oxygens (including phenoxy) is 1. The molecule has 7 heteroatoms. The van der Waals surface area contributed by atoms with Crippen LogP contribution in [0.1, 0.15) is 17.3 Å². The van der Waals surface area contributed by atoms with E-state index in [9.17, 15) is 14.7 Å². The van der Waals surface area contributed by atoms with Crippen molar-refractivity contribution < 1.29 is 19.4 Å². The lowest BCUT2D eigenvalue weighted by Crippen LogP contribution is -2.44. The van der Waals surface area contributed by atoms with Crippen LogP contribution in [0.4, 0.5) is 0 Å². The molecule has 1 amide bonds. The lowest BCUT2D eigenvalue weighted by atomic mass is 10.1. The van der Waals surface area contributed by atoms with Crippen LogP contribution in [0.2, 0.25) is 0 Å². The maximum Gasteiger partial charge on any atom is 0.327 e. The molecule has 0 spiro atoms. The number of nitrogens with zero attached hydrogens (tertiary/aromatic N) is 1. The highest BCUT2D eigenvalue weighted by Gasteiger charge is 2.40. The predicted molar refractivity (Wildman–Crippen MR) is 80.2 cm³/mol. The summed E-state index contributed by atoms with van der Waals surface area (Å²) in [4.78, 5) is 25.3. The summed E-state index contributed by atoms with van der Waals surface area (Å²) >= 11 is 4.77. The second-order valence-corrected chi connectivity index (χ2v) is 6.61. The van der Waals surface area contributed by atoms with Gasteiger partial charge in [-0.25, -0.2) is 4.79 Å². The summed E-state index contributed by atoms with van der Waals surface area (Å²) in [5.41, 5.74) is 0.372. The Labute approximate surface area is 129 Å². The van der Waals surface area contributed by atoms with Gasteiger partial charge in [0, 0.05) is 10.2 Å². The minimum Gasteiger partial charge on any atom is -0.496 e. The fourth-order valence-corrected chi connectivity index (χ4v) is 3.63. The molecule has 0 aromatic heterocycles. The van der Waals surface area contributed by atoms with E-state index in [1.54, 1.807) is 18.2 Å². The zero-order valence-electron chi connectivity index (χ0n) is 11.0. The van der Waals surface area contributed by atoms with E-state index in [1.807, 2.05) is 6.92 Å². The number of amides is 1. The average Bonchev–Trinajstić information content (AvgIpc) is 2.79. The lowest BCUT2D eigenvalue weighted by molar-refractivity contribution is -0.141. The number of hydrogen-bond donors (Lipinski definition) is 1. The zero-order chi connectivity index (χ0) is 14.9. The molecule has 1 aliphatic heterocycles. The Morgan fingerprint density at radius 3 is 2.80 bits per heavy atom. The monoisotopic (exact) mass is 359 g/mol. The van der Waals surface area contributed by atoms with Gasteiger partial charge < -0.3 is 14.7 Å². The second kappa shape index (κ2) is 6.05. The Bertz CT molecular complexity index is 551. The van der Waals surface area contributed by atoms with Crippen molar-refractivity contribution in [1.29, 1.82) is 0 Å².